The van der Waals surface area contributed by atoms with Gasteiger partial charge in [-0.25, -0.2) is 0 Å². The third kappa shape index (κ3) is 4.35. The lowest BCUT2D eigenvalue weighted by Gasteiger charge is -2.02. The smallest absolute Gasteiger partial charge is 0.168 e. The summed E-state index contributed by atoms with van der Waals surface area (Å²) in [6, 6.07) is 0. The highest BCUT2D eigenvalue weighted by Gasteiger charge is 2.19. The van der Waals surface area contributed by atoms with Crippen LogP contribution in [0, 0.1) is 17.4 Å². The molecule has 0 aliphatic heterocycles. The average molecular weight is 182 g/mol. The fourth-order valence-corrected chi connectivity index (χ4v) is 1.25. The zero-order valence-electron chi connectivity index (χ0n) is 7.95. The van der Waals surface area contributed by atoms with Gasteiger partial charge in [0.2, 0.25) is 0 Å². The molecule has 0 saturated heterocycles. The van der Waals surface area contributed by atoms with E-state index in [-0.39, 0.29) is 5.83 Å². The van der Waals surface area contributed by atoms with Crippen LogP contribution in [-0.2, 0) is 0 Å². The predicted octanol–water partition coefficient (Wildman–Crippen LogP) is 3.13. The van der Waals surface area contributed by atoms with Gasteiger partial charge in [-0.05, 0) is 30.8 Å². The summed E-state index contributed by atoms with van der Waals surface area (Å²) in [4.78, 5) is 0. The van der Waals surface area contributed by atoms with Crippen molar-refractivity contribution in [3.63, 3.8) is 0 Å². The molecular weight excluding hydrogens is 167 g/mol. The zero-order chi connectivity index (χ0) is 9.19. The second-order valence-corrected chi connectivity index (χ2v) is 9.10. The Kier molecular flexibility index (Phi) is 2.74. The van der Waals surface area contributed by atoms with Crippen molar-refractivity contribution in [3.8, 4) is 11.5 Å². The van der Waals surface area contributed by atoms with E-state index in [1.165, 1.54) is 0 Å². The molecule has 0 nitrogen and oxygen atoms in total. The summed E-state index contributed by atoms with van der Waals surface area (Å²) >= 11 is 0. The molecule has 1 saturated carbocycles. The van der Waals surface area contributed by atoms with E-state index in [2.05, 4.69) is 31.1 Å². The topological polar surface area (TPSA) is 0 Å². The minimum absolute atomic E-state index is 0.222. The lowest BCUT2D eigenvalue weighted by molar-refractivity contribution is 0.667. The molecule has 66 valence electrons. The Balaban J connectivity index is 2.51. The molecular formula is C10H15FSi. The van der Waals surface area contributed by atoms with Crippen LogP contribution in [0.2, 0.25) is 19.6 Å². The van der Waals surface area contributed by atoms with Crippen LogP contribution in [0.25, 0.3) is 0 Å². The van der Waals surface area contributed by atoms with Crippen molar-refractivity contribution in [1.29, 1.82) is 0 Å². The number of hydrogen-bond donors (Lipinski definition) is 0. The van der Waals surface area contributed by atoms with Crippen LogP contribution in [0.5, 0.6) is 0 Å². The Morgan fingerprint density at radius 2 is 2.00 bits per heavy atom. The summed E-state index contributed by atoms with van der Waals surface area (Å²) in [5.74, 6) is 2.86. The lowest BCUT2D eigenvalue weighted by Crippen LogP contribution is -2.16. The Hall–Kier alpha value is -0.553. The normalized spacial score (nSPS) is 18.5. The molecule has 0 spiro atoms. The number of rotatable bonds is 1. The SMILES string of the molecule is C[Si](C)(C)C#CC(F)=CC1CC1. The monoisotopic (exact) mass is 182 g/mol. The van der Waals surface area contributed by atoms with Crippen LogP contribution in [0.3, 0.4) is 0 Å². The van der Waals surface area contributed by atoms with Crippen LogP contribution in [0.4, 0.5) is 4.39 Å². The summed E-state index contributed by atoms with van der Waals surface area (Å²) in [5.41, 5.74) is 3.00. The van der Waals surface area contributed by atoms with Gasteiger partial charge < -0.3 is 0 Å². The number of halogens is 1. The van der Waals surface area contributed by atoms with Crippen molar-refractivity contribution in [1.82, 2.24) is 0 Å². The van der Waals surface area contributed by atoms with E-state index in [1.807, 2.05) is 0 Å². The minimum Gasteiger partial charge on any atom is -0.197 e. The molecule has 0 radical (unpaired) electrons. The lowest BCUT2D eigenvalue weighted by atomic mass is 10.3. The third-order valence-corrected chi connectivity index (χ3v) is 2.44. The Morgan fingerprint density at radius 1 is 1.42 bits per heavy atom. The molecule has 12 heavy (non-hydrogen) atoms. The highest BCUT2D eigenvalue weighted by Crippen LogP contribution is 2.31. The first kappa shape index (κ1) is 9.53. The summed E-state index contributed by atoms with van der Waals surface area (Å²) in [5, 5.41) is 0. The van der Waals surface area contributed by atoms with Crippen LogP contribution in [-0.4, -0.2) is 8.07 Å². The third-order valence-electron chi connectivity index (χ3n) is 1.56. The van der Waals surface area contributed by atoms with Gasteiger partial charge in [-0.3, -0.25) is 0 Å². The Labute approximate surface area is 74.9 Å². The molecule has 0 heterocycles. The maximum Gasteiger partial charge on any atom is 0.168 e. The van der Waals surface area contributed by atoms with Gasteiger partial charge in [0.05, 0.1) is 0 Å². The molecule has 1 rings (SSSR count). The van der Waals surface area contributed by atoms with Gasteiger partial charge in [0, 0.05) is 0 Å². The molecule has 0 amide bonds. The summed E-state index contributed by atoms with van der Waals surface area (Å²) in [7, 11) is -1.39. The first-order valence-corrected chi connectivity index (χ1v) is 7.88. The van der Waals surface area contributed by atoms with E-state index in [0.717, 1.165) is 12.8 Å². The van der Waals surface area contributed by atoms with E-state index in [0.29, 0.717) is 5.92 Å². The van der Waals surface area contributed by atoms with E-state index in [1.54, 1.807) is 6.08 Å². The molecule has 1 aliphatic carbocycles. The standard InChI is InChI=1S/C10H15FSi/c1-12(2,3)7-6-10(11)8-9-4-5-9/h8-9H,4-5H2,1-3H3. The molecule has 0 aromatic carbocycles. The molecule has 1 aliphatic rings. The Morgan fingerprint density at radius 3 is 2.42 bits per heavy atom. The molecule has 0 atom stereocenters. The summed E-state index contributed by atoms with van der Waals surface area (Å²) in [6.07, 6.45) is 3.94. The Bertz CT molecular complexity index is 245. The molecule has 0 aromatic heterocycles. The average Bonchev–Trinajstić information content (AvgIpc) is 2.66. The second kappa shape index (κ2) is 3.45. The van der Waals surface area contributed by atoms with Gasteiger partial charge in [0.1, 0.15) is 8.07 Å². The van der Waals surface area contributed by atoms with Crippen molar-refractivity contribution < 1.29 is 4.39 Å². The van der Waals surface area contributed by atoms with E-state index in [9.17, 15) is 4.39 Å². The van der Waals surface area contributed by atoms with Gasteiger partial charge in [-0.1, -0.05) is 19.6 Å². The van der Waals surface area contributed by atoms with Gasteiger partial charge in [0.15, 0.2) is 5.83 Å². The molecule has 0 N–H and O–H groups in total. The number of hydrogen-bond acceptors (Lipinski definition) is 0. The van der Waals surface area contributed by atoms with Gasteiger partial charge in [0.25, 0.3) is 0 Å². The number of allylic oxidation sites excluding steroid dienone is 2. The quantitative estimate of drug-likeness (QED) is 0.432. The van der Waals surface area contributed by atoms with E-state index >= 15 is 0 Å². The zero-order valence-corrected chi connectivity index (χ0v) is 8.95. The van der Waals surface area contributed by atoms with Crippen molar-refractivity contribution in [2.45, 2.75) is 32.5 Å². The maximum absolute atomic E-state index is 12.9. The molecule has 0 aromatic rings. The summed E-state index contributed by atoms with van der Waals surface area (Å²) < 4.78 is 12.9. The fraction of sp³-hybridized carbons (Fsp3) is 0.600. The molecule has 0 bridgehead atoms. The maximum atomic E-state index is 12.9. The van der Waals surface area contributed by atoms with Crippen LogP contribution < -0.4 is 0 Å². The highest BCUT2D eigenvalue weighted by molar-refractivity contribution is 6.83. The van der Waals surface area contributed by atoms with E-state index < -0.39 is 8.07 Å². The van der Waals surface area contributed by atoms with Gasteiger partial charge in [-0.15, -0.1) is 5.54 Å². The van der Waals surface area contributed by atoms with Crippen LogP contribution in [0.1, 0.15) is 12.8 Å². The van der Waals surface area contributed by atoms with Crippen LogP contribution >= 0.6 is 0 Å². The summed E-state index contributed by atoms with van der Waals surface area (Å²) in [6.45, 7) is 6.35. The fourth-order valence-electron chi connectivity index (χ4n) is 0.759. The van der Waals surface area contributed by atoms with Crippen molar-refractivity contribution in [2.24, 2.45) is 5.92 Å². The van der Waals surface area contributed by atoms with Gasteiger partial charge >= 0.3 is 0 Å². The highest BCUT2D eigenvalue weighted by atomic mass is 28.3. The van der Waals surface area contributed by atoms with Crippen LogP contribution in [0.15, 0.2) is 11.9 Å². The first-order valence-electron chi connectivity index (χ1n) is 4.38. The van der Waals surface area contributed by atoms with Crippen molar-refractivity contribution in [2.75, 3.05) is 0 Å². The predicted molar refractivity (Wildman–Crippen MR) is 53.0 cm³/mol. The van der Waals surface area contributed by atoms with E-state index in [4.69, 9.17) is 0 Å². The first-order chi connectivity index (χ1) is 5.47. The molecule has 0 unspecified atom stereocenters. The molecule has 2 heteroatoms. The minimum atomic E-state index is -1.39. The van der Waals surface area contributed by atoms with Crippen molar-refractivity contribution >= 4 is 8.07 Å². The second-order valence-electron chi connectivity index (χ2n) is 4.35. The van der Waals surface area contributed by atoms with Gasteiger partial charge in [-0.2, -0.15) is 4.39 Å². The van der Waals surface area contributed by atoms with Crippen molar-refractivity contribution in [3.05, 3.63) is 11.9 Å². The largest absolute Gasteiger partial charge is 0.197 e. The molecule has 1 fully saturated rings.